The van der Waals surface area contributed by atoms with Crippen LogP contribution < -0.4 is 4.74 Å². The molecule has 16 heavy (non-hydrogen) atoms. The number of benzene rings is 1. The molecule has 0 fully saturated rings. The van der Waals surface area contributed by atoms with Gasteiger partial charge in [-0.25, -0.2) is 4.98 Å². The highest BCUT2D eigenvalue weighted by molar-refractivity contribution is 7.09. The van der Waals surface area contributed by atoms with E-state index in [1.807, 2.05) is 23.6 Å². The van der Waals surface area contributed by atoms with Crippen LogP contribution in [-0.4, -0.2) is 4.98 Å². The zero-order chi connectivity index (χ0) is 11.4. The lowest BCUT2D eigenvalue weighted by Gasteiger charge is -2.03. The van der Waals surface area contributed by atoms with E-state index in [1.54, 1.807) is 17.4 Å². The van der Waals surface area contributed by atoms with Crippen LogP contribution in [0.2, 0.25) is 5.02 Å². The van der Waals surface area contributed by atoms with Crippen molar-refractivity contribution in [1.82, 2.24) is 4.98 Å². The van der Waals surface area contributed by atoms with Crippen molar-refractivity contribution < 1.29 is 4.74 Å². The summed E-state index contributed by atoms with van der Waals surface area (Å²) in [5.74, 6) is 1.18. The monoisotopic (exact) mass is 273 g/mol. The quantitative estimate of drug-likeness (QED) is 0.782. The zero-order valence-corrected chi connectivity index (χ0v) is 10.6. The lowest BCUT2D eigenvalue weighted by molar-refractivity contribution is 0.305. The van der Waals surface area contributed by atoms with Gasteiger partial charge in [-0.1, -0.05) is 17.7 Å². The first-order chi connectivity index (χ1) is 7.78. The number of nitrogens with zero attached hydrogens (tertiary/aromatic N) is 1. The van der Waals surface area contributed by atoms with E-state index in [1.165, 1.54) is 0 Å². The number of rotatable bonds is 4. The van der Waals surface area contributed by atoms with Gasteiger partial charge in [-0.2, -0.15) is 0 Å². The fourth-order valence-electron chi connectivity index (χ4n) is 1.18. The number of hydrogen-bond donors (Lipinski definition) is 0. The molecule has 1 aromatic carbocycles. The summed E-state index contributed by atoms with van der Waals surface area (Å²) in [6.07, 6.45) is 0. The molecule has 1 aromatic heterocycles. The highest BCUT2D eigenvalue weighted by atomic mass is 35.5. The summed E-state index contributed by atoms with van der Waals surface area (Å²) in [7, 11) is 0. The van der Waals surface area contributed by atoms with Gasteiger partial charge in [0, 0.05) is 10.4 Å². The zero-order valence-electron chi connectivity index (χ0n) is 8.32. The average molecular weight is 274 g/mol. The molecule has 2 aromatic rings. The van der Waals surface area contributed by atoms with Crippen molar-refractivity contribution in [2.24, 2.45) is 0 Å². The van der Waals surface area contributed by atoms with Crippen LogP contribution in [0.25, 0.3) is 0 Å². The predicted octanol–water partition coefficient (Wildman–Crippen LogP) is 4.11. The maximum absolute atomic E-state index is 5.84. The highest BCUT2D eigenvalue weighted by Gasteiger charge is 2.02. The Morgan fingerprint density at radius 1 is 1.38 bits per heavy atom. The van der Waals surface area contributed by atoms with Crippen LogP contribution >= 0.6 is 34.5 Å². The lowest BCUT2D eigenvalue weighted by atomic mass is 10.3. The minimum Gasteiger partial charge on any atom is -0.486 e. The second-order valence-corrected chi connectivity index (χ2v) is 4.76. The number of ether oxygens (including phenoxy) is 1. The van der Waals surface area contributed by atoms with Crippen molar-refractivity contribution in [3.05, 3.63) is 45.4 Å². The number of halogens is 2. The molecule has 2 rings (SSSR count). The maximum atomic E-state index is 5.84. The van der Waals surface area contributed by atoms with Gasteiger partial charge in [-0.15, -0.1) is 22.9 Å². The first-order valence-electron chi connectivity index (χ1n) is 4.65. The first-order valence-corrected chi connectivity index (χ1v) is 6.45. The van der Waals surface area contributed by atoms with Gasteiger partial charge in [0.1, 0.15) is 17.4 Å². The van der Waals surface area contributed by atoms with Crippen LogP contribution in [0.4, 0.5) is 0 Å². The summed E-state index contributed by atoms with van der Waals surface area (Å²) in [5, 5.41) is 3.51. The molecule has 0 aliphatic rings. The molecule has 0 saturated carbocycles. The van der Waals surface area contributed by atoms with E-state index in [4.69, 9.17) is 27.9 Å². The lowest BCUT2D eigenvalue weighted by Crippen LogP contribution is -1.94. The van der Waals surface area contributed by atoms with Gasteiger partial charge in [0.25, 0.3) is 0 Å². The molecule has 0 atom stereocenters. The van der Waals surface area contributed by atoms with Gasteiger partial charge in [-0.05, 0) is 18.2 Å². The van der Waals surface area contributed by atoms with Crippen molar-refractivity contribution in [3.63, 3.8) is 0 Å². The Kier molecular flexibility index (Phi) is 4.04. The van der Waals surface area contributed by atoms with Crippen LogP contribution in [0.3, 0.4) is 0 Å². The predicted molar refractivity (Wildman–Crippen MR) is 67.5 cm³/mol. The Labute approximate surface area is 108 Å². The Morgan fingerprint density at radius 2 is 2.25 bits per heavy atom. The third kappa shape index (κ3) is 3.11. The standard InChI is InChI=1S/C11H9Cl2NOS/c12-5-9-7-16-11(14-9)6-15-10-3-1-2-8(13)4-10/h1-4,7H,5-6H2. The Balaban J connectivity index is 1.96. The van der Waals surface area contributed by atoms with Gasteiger partial charge in [0.2, 0.25) is 0 Å². The summed E-state index contributed by atoms with van der Waals surface area (Å²) in [6, 6.07) is 7.30. The molecule has 0 N–H and O–H groups in total. The van der Waals surface area contributed by atoms with Crippen molar-refractivity contribution in [2.75, 3.05) is 0 Å². The van der Waals surface area contributed by atoms with E-state index >= 15 is 0 Å². The molecular weight excluding hydrogens is 265 g/mol. The van der Waals surface area contributed by atoms with E-state index in [2.05, 4.69) is 4.98 Å². The number of thiazole rings is 1. The molecule has 0 spiro atoms. The molecule has 0 aliphatic carbocycles. The third-order valence-electron chi connectivity index (χ3n) is 1.89. The third-order valence-corrected chi connectivity index (χ3v) is 3.27. The van der Waals surface area contributed by atoms with Crippen molar-refractivity contribution in [3.8, 4) is 5.75 Å². The molecular formula is C11H9Cl2NOS. The van der Waals surface area contributed by atoms with Crippen LogP contribution in [-0.2, 0) is 12.5 Å². The molecule has 0 radical (unpaired) electrons. The van der Waals surface area contributed by atoms with Crippen LogP contribution in [0.1, 0.15) is 10.7 Å². The molecule has 1 heterocycles. The van der Waals surface area contributed by atoms with Gasteiger partial charge in [-0.3, -0.25) is 0 Å². The normalized spacial score (nSPS) is 10.4. The van der Waals surface area contributed by atoms with Crippen molar-refractivity contribution >= 4 is 34.5 Å². The Hall–Kier alpha value is -0.770. The van der Waals surface area contributed by atoms with Crippen LogP contribution in [0.15, 0.2) is 29.6 Å². The molecule has 2 nitrogen and oxygen atoms in total. The van der Waals surface area contributed by atoms with E-state index in [0.717, 1.165) is 16.5 Å². The van der Waals surface area contributed by atoms with E-state index < -0.39 is 0 Å². The summed E-state index contributed by atoms with van der Waals surface area (Å²) >= 11 is 13.1. The topological polar surface area (TPSA) is 22.1 Å². The maximum Gasteiger partial charge on any atom is 0.140 e. The van der Waals surface area contributed by atoms with E-state index in [-0.39, 0.29) is 0 Å². The second kappa shape index (κ2) is 5.53. The fraction of sp³-hybridized carbons (Fsp3) is 0.182. The minimum absolute atomic E-state index is 0.438. The summed E-state index contributed by atoms with van der Waals surface area (Å²) < 4.78 is 5.55. The first kappa shape index (κ1) is 11.7. The second-order valence-electron chi connectivity index (χ2n) is 3.11. The molecule has 0 amide bonds. The van der Waals surface area contributed by atoms with E-state index in [0.29, 0.717) is 17.5 Å². The SMILES string of the molecule is ClCc1csc(COc2cccc(Cl)c2)n1. The fourth-order valence-corrected chi connectivity index (χ4v) is 2.29. The molecule has 84 valence electrons. The number of alkyl halides is 1. The Bertz CT molecular complexity index is 473. The summed E-state index contributed by atoms with van der Waals surface area (Å²) in [5.41, 5.74) is 0.886. The molecule has 0 unspecified atom stereocenters. The Morgan fingerprint density at radius 3 is 2.94 bits per heavy atom. The molecule has 0 saturated heterocycles. The number of hydrogen-bond acceptors (Lipinski definition) is 3. The molecule has 0 bridgehead atoms. The van der Waals surface area contributed by atoms with Crippen molar-refractivity contribution in [1.29, 1.82) is 0 Å². The van der Waals surface area contributed by atoms with Gasteiger partial charge >= 0.3 is 0 Å². The van der Waals surface area contributed by atoms with Crippen LogP contribution in [0.5, 0.6) is 5.75 Å². The minimum atomic E-state index is 0.438. The number of aromatic nitrogens is 1. The van der Waals surface area contributed by atoms with E-state index in [9.17, 15) is 0 Å². The van der Waals surface area contributed by atoms with Gasteiger partial charge in [0.05, 0.1) is 11.6 Å². The van der Waals surface area contributed by atoms with Crippen molar-refractivity contribution in [2.45, 2.75) is 12.5 Å². The van der Waals surface area contributed by atoms with Gasteiger partial charge < -0.3 is 4.74 Å². The molecule has 0 aliphatic heterocycles. The summed E-state index contributed by atoms with van der Waals surface area (Å²) in [6.45, 7) is 0.446. The molecule has 5 heteroatoms. The summed E-state index contributed by atoms with van der Waals surface area (Å²) in [4.78, 5) is 4.29. The highest BCUT2D eigenvalue weighted by Crippen LogP contribution is 2.19. The largest absolute Gasteiger partial charge is 0.486 e. The smallest absolute Gasteiger partial charge is 0.140 e. The van der Waals surface area contributed by atoms with Crippen LogP contribution in [0, 0.1) is 0 Å². The van der Waals surface area contributed by atoms with Gasteiger partial charge in [0.15, 0.2) is 0 Å². The average Bonchev–Trinajstić information content (AvgIpc) is 2.74.